The molecule has 1 saturated heterocycles. The van der Waals surface area contributed by atoms with Gasteiger partial charge >= 0.3 is 0 Å². The Balaban J connectivity index is 1.45. The Labute approximate surface area is 193 Å². The topological polar surface area (TPSA) is 105 Å². The van der Waals surface area contributed by atoms with E-state index < -0.39 is 10.0 Å². The number of hydrogen-bond acceptors (Lipinski definition) is 6. The molecule has 0 radical (unpaired) electrons. The second-order valence-corrected chi connectivity index (χ2v) is 10.6. The molecule has 2 amide bonds. The number of nitrogens with one attached hydrogen (secondary N) is 2. The van der Waals surface area contributed by atoms with Crippen LogP contribution in [0.1, 0.15) is 24.8 Å². The zero-order valence-electron chi connectivity index (χ0n) is 18.1. The van der Waals surface area contributed by atoms with Crippen molar-refractivity contribution in [2.45, 2.75) is 29.9 Å². The number of nitrogens with zero attached hydrogens (tertiary/aromatic N) is 1. The number of piperidine rings is 1. The predicted molar refractivity (Wildman–Crippen MR) is 124 cm³/mol. The van der Waals surface area contributed by atoms with Crippen LogP contribution in [0.15, 0.2) is 46.0 Å². The molecule has 0 bridgehead atoms. The molecule has 0 saturated carbocycles. The van der Waals surface area contributed by atoms with Crippen LogP contribution < -0.4 is 10.0 Å². The summed E-state index contributed by atoms with van der Waals surface area (Å²) in [4.78, 5) is 26.7. The Bertz CT molecular complexity index is 983. The summed E-state index contributed by atoms with van der Waals surface area (Å²) in [6.07, 6.45) is 2.34. The van der Waals surface area contributed by atoms with E-state index in [0.29, 0.717) is 44.8 Å². The van der Waals surface area contributed by atoms with Crippen molar-refractivity contribution in [3.8, 4) is 0 Å². The molecule has 0 spiro atoms. The van der Waals surface area contributed by atoms with Crippen molar-refractivity contribution < 1.29 is 22.7 Å². The van der Waals surface area contributed by atoms with Crippen LogP contribution in [0.4, 0.5) is 5.69 Å². The Morgan fingerprint density at radius 1 is 1.16 bits per heavy atom. The van der Waals surface area contributed by atoms with E-state index in [0.717, 1.165) is 23.3 Å². The minimum absolute atomic E-state index is 0.0101. The molecule has 1 aliphatic heterocycles. The van der Waals surface area contributed by atoms with Gasteiger partial charge in [0.15, 0.2) is 0 Å². The molecule has 3 rings (SSSR count). The molecule has 174 valence electrons. The second-order valence-electron chi connectivity index (χ2n) is 7.70. The number of carbonyl (C=O) groups excluding carboxylic acids is 2. The van der Waals surface area contributed by atoms with E-state index in [9.17, 15) is 18.0 Å². The summed E-state index contributed by atoms with van der Waals surface area (Å²) in [5.74, 6) is 0.00177. The zero-order chi connectivity index (χ0) is 23.0. The third kappa shape index (κ3) is 6.78. The first-order valence-electron chi connectivity index (χ1n) is 10.6. The van der Waals surface area contributed by atoms with Gasteiger partial charge in [0.05, 0.1) is 6.42 Å². The molecule has 0 unspecified atom stereocenters. The quantitative estimate of drug-likeness (QED) is 0.510. The number of rotatable bonds is 10. The van der Waals surface area contributed by atoms with E-state index in [1.807, 2.05) is 0 Å². The molecule has 2 aromatic rings. The molecule has 1 aromatic carbocycles. The average Bonchev–Trinajstić information content (AvgIpc) is 3.34. The van der Waals surface area contributed by atoms with Crippen molar-refractivity contribution >= 4 is 38.9 Å². The average molecular weight is 480 g/mol. The van der Waals surface area contributed by atoms with Crippen LogP contribution in [-0.4, -0.2) is 58.5 Å². The monoisotopic (exact) mass is 479 g/mol. The number of methoxy groups -OCH3 is 1. The lowest BCUT2D eigenvalue weighted by molar-refractivity contribution is -0.135. The number of hydrogen-bond donors (Lipinski definition) is 2. The van der Waals surface area contributed by atoms with Crippen molar-refractivity contribution in [3.63, 3.8) is 0 Å². The van der Waals surface area contributed by atoms with Gasteiger partial charge in [-0.2, -0.15) is 0 Å². The number of ether oxygens (including phenoxy) is 1. The molecule has 10 heteroatoms. The summed E-state index contributed by atoms with van der Waals surface area (Å²) < 4.78 is 32.4. The highest BCUT2D eigenvalue weighted by Crippen LogP contribution is 2.21. The fourth-order valence-electron chi connectivity index (χ4n) is 3.56. The first-order chi connectivity index (χ1) is 15.4. The minimum atomic E-state index is -3.59. The minimum Gasteiger partial charge on any atom is -0.385 e. The zero-order valence-corrected chi connectivity index (χ0v) is 19.7. The first kappa shape index (κ1) is 24.2. The number of amides is 2. The van der Waals surface area contributed by atoms with E-state index in [-0.39, 0.29) is 28.4 Å². The lowest BCUT2D eigenvalue weighted by Gasteiger charge is -2.31. The molecule has 2 N–H and O–H groups in total. The molecule has 1 fully saturated rings. The van der Waals surface area contributed by atoms with Gasteiger partial charge in [0.1, 0.15) is 4.21 Å². The summed E-state index contributed by atoms with van der Waals surface area (Å²) in [6.45, 7) is 2.35. The summed E-state index contributed by atoms with van der Waals surface area (Å²) in [6, 6.07) is 10.1. The van der Waals surface area contributed by atoms with Crippen LogP contribution in [0.3, 0.4) is 0 Å². The van der Waals surface area contributed by atoms with Gasteiger partial charge in [0.2, 0.25) is 11.8 Å². The van der Waals surface area contributed by atoms with Gasteiger partial charge in [-0.25, -0.2) is 8.42 Å². The van der Waals surface area contributed by atoms with Gasteiger partial charge in [0, 0.05) is 45.0 Å². The lowest BCUT2D eigenvalue weighted by atomic mass is 9.95. The van der Waals surface area contributed by atoms with Crippen molar-refractivity contribution in [3.05, 3.63) is 47.3 Å². The fraction of sp³-hybridized carbons (Fsp3) is 0.455. The van der Waals surface area contributed by atoms with E-state index in [1.165, 1.54) is 0 Å². The number of likely N-dealkylation sites (tertiary alicyclic amines) is 1. The van der Waals surface area contributed by atoms with Crippen LogP contribution in [0, 0.1) is 5.92 Å². The molecule has 0 atom stereocenters. The van der Waals surface area contributed by atoms with Crippen molar-refractivity contribution in [1.29, 1.82) is 0 Å². The van der Waals surface area contributed by atoms with Gasteiger partial charge in [0.25, 0.3) is 10.0 Å². The van der Waals surface area contributed by atoms with E-state index in [4.69, 9.17) is 4.74 Å². The van der Waals surface area contributed by atoms with Crippen LogP contribution in [-0.2, 0) is 30.8 Å². The van der Waals surface area contributed by atoms with Crippen LogP contribution >= 0.6 is 11.3 Å². The maximum Gasteiger partial charge on any atom is 0.271 e. The Hall–Kier alpha value is -2.43. The molecular formula is C22H29N3O5S2. The number of thiophene rings is 1. The molecule has 2 heterocycles. The van der Waals surface area contributed by atoms with E-state index >= 15 is 0 Å². The van der Waals surface area contributed by atoms with E-state index in [1.54, 1.807) is 53.8 Å². The molecule has 32 heavy (non-hydrogen) atoms. The lowest BCUT2D eigenvalue weighted by Crippen LogP contribution is -2.43. The largest absolute Gasteiger partial charge is 0.385 e. The maximum absolute atomic E-state index is 12.7. The third-order valence-electron chi connectivity index (χ3n) is 5.36. The Morgan fingerprint density at radius 3 is 2.50 bits per heavy atom. The highest BCUT2D eigenvalue weighted by Gasteiger charge is 2.27. The van der Waals surface area contributed by atoms with Gasteiger partial charge in [-0.05, 0) is 48.4 Å². The molecule has 1 aromatic heterocycles. The highest BCUT2D eigenvalue weighted by atomic mass is 32.2. The van der Waals surface area contributed by atoms with E-state index in [2.05, 4.69) is 10.0 Å². The van der Waals surface area contributed by atoms with Gasteiger partial charge in [-0.15, -0.1) is 11.3 Å². The summed E-state index contributed by atoms with van der Waals surface area (Å²) in [7, 11) is -1.95. The Morgan fingerprint density at radius 2 is 1.88 bits per heavy atom. The van der Waals surface area contributed by atoms with Crippen molar-refractivity contribution in [1.82, 2.24) is 10.2 Å². The smallest absolute Gasteiger partial charge is 0.271 e. The maximum atomic E-state index is 12.7. The number of sulfonamides is 1. The number of anilines is 1. The third-order valence-corrected chi connectivity index (χ3v) is 8.14. The van der Waals surface area contributed by atoms with Gasteiger partial charge < -0.3 is 15.0 Å². The molecular weight excluding hydrogens is 450 g/mol. The van der Waals surface area contributed by atoms with Crippen LogP contribution in [0.25, 0.3) is 0 Å². The Kier molecular flexibility index (Phi) is 8.66. The molecule has 0 aliphatic carbocycles. The van der Waals surface area contributed by atoms with Crippen LogP contribution in [0.5, 0.6) is 0 Å². The van der Waals surface area contributed by atoms with Crippen LogP contribution in [0.2, 0.25) is 0 Å². The molecule has 1 aliphatic rings. The normalized spacial score (nSPS) is 14.8. The van der Waals surface area contributed by atoms with Crippen molar-refractivity contribution in [2.75, 3.05) is 38.1 Å². The summed E-state index contributed by atoms with van der Waals surface area (Å²) in [5.41, 5.74) is 1.26. The second kappa shape index (κ2) is 11.4. The standard InChI is InChI=1S/C22H29N3O5S2/c1-30-14-3-11-23-22(27)18-9-12-25(13-10-18)20(26)16-17-5-7-19(8-6-17)24-32(28,29)21-4-2-15-31-21/h2,4-8,15,18,24H,3,9-14,16H2,1H3,(H,23,27). The SMILES string of the molecule is COCCCNC(=O)C1CCN(C(=O)Cc2ccc(NS(=O)(=O)c3cccs3)cc2)CC1. The van der Waals surface area contributed by atoms with Crippen molar-refractivity contribution in [2.24, 2.45) is 5.92 Å². The number of carbonyl (C=O) groups is 2. The summed E-state index contributed by atoms with van der Waals surface area (Å²) in [5, 5.41) is 4.64. The predicted octanol–water partition coefficient (Wildman–Crippen LogP) is 2.48. The molecule has 8 nitrogen and oxygen atoms in total. The summed E-state index contributed by atoms with van der Waals surface area (Å²) >= 11 is 1.15. The number of benzene rings is 1. The highest BCUT2D eigenvalue weighted by molar-refractivity contribution is 7.94. The first-order valence-corrected chi connectivity index (χ1v) is 12.9. The van der Waals surface area contributed by atoms with Gasteiger partial charge in [-0.3, -0.25) is 14.3 Å². The van der Waals surface area contributed by atoms with Gasteiger partial charge in [-0.1, -0.05) is 18.2 Å². The fourth-order valence-corrected chi connectivity index (χ4v) is 5.61.